The molecule has 47 heavy (non-hydrogen) atoms. The Morgan fingerprint density at radius 1 is 1.06 bits per heavy atom. The zero-order chi connectivity index (χ0) is 32.9. The molecular formula is C33H37AcClN2O9Pr. The van der Waals surface area contributed by atoms with Gasteiger partial charge in [-0.3, -0.25) is 14.4 Å². The van der Waals surface area contributed by atoms with Crippen LogP contribution in [0.1, 0.15) is 49.5 Å². The molecule has 2 atom stereocenters. The van der Waals surface area contributed by atoms with Crippen LogP contribution in [0.2, 0.25) is 5.02 Å². The second kappa shape index (κ2) is 18.5. The van der Waals surface area contributed by atoms with Gasteiger partial charge in [-0.2, -0.15) is 0 Å². The van der Waals surface area contributed by atoms with Gasteiger partial charge in [0.2, 0.25) is 5.91 Å². The molecule has 0 saturated heterocycles. The van der Waals surface area contributed by atoms with E-state index < -0.39 is 41.8 Å². The fraction of sp³-hybridized carbons (Fsp3) is 0.364. The third-order valence-electron chi connectivity index (χ3n) is 7.47. The quantitative estimate of drug-likeness (QED) is 0.185. The van der Waals surface area contributed by atoms with Crippen molar-refractivity contribution in [3.05, 3.63) is 76.3 Å². The predicted octanol–water partition coefficient (Wildman–Crippen LogP) is 4.95. The van der Waals surface area contributed by atoms with Crippen LogP contribution >= 0.6 is 11.6 Å². The summed E-state index contributed by atoms with van der Waals surface area (Å²) in [6.45, 7) is 3.52. The van der Waals surface area contributed by atoms with E-state index in [1.807, 2.05) is 13.8 Å². The summed E-state index contributed by atoms with van der Waals surface area (Å²) in [5.41, 5.74) is 1.53. The number of methoxy groups -OCH3 is 2. The summed E-state index contributed by atoms with van der Waals surface area (Å²) in [4.78, 5) is 40.2. The number of ether oxygens (including phenoxy) is 3. The first kappa shape index (κ1) is 41.7. The molecule has 4 N–H and O–H groups in total. The molecule has 2 amide bonds. The van der Waals surface area contributed by atoms with Crippen LogP contribution in [0.15, 0.2) is 54.6 Å². The Labute approximate surface area is 347 Å². The Kier molecular flexibility index (Phi) is 16.4. The average Bonchev–Trinajstić information content (AvgIpc) is 3.11. The van der Waals surface area contributed by atoms with Crippen molar-refractivity contribution in [3.63, 3.8) is 0 Å². The maximum absolute atomic E-state index is 14.2. The molecule has 0 aliphatic carbocycles. The normalized spacial score (nSPS) is 15.8. The van der Waals surface area contributed by atoms with Gasteiger partial charge in [-0.1, -0.05) is 43.6 Å². The number of aryl methyl sites for hydroxylation is 1. The smallest absolute Gasteiger partial charge is 0.303 e. The number of carbonyl (C=O) groups is 3. The number of carboxylic acid groups (broad SMARTS) is 1. The summed E-state index contributed by atoms with van der Waals surface area (Å²) in [6, 6.07) is 14.7. The average molecular weight is 1010 g/mol. The van der Waals surface area contributed by atoms with Gasteiger partial charge >= 0.3 is 5.97 Å². The van der Waals surface area contributed by atoms with E-state index in [1.54, 1.807) is 42.5 Å². The number of nitrogens with zero attached hydrogens (tertiary/aromatic N) is 1. The molecule has 1 heterocycles. The zero-order valence-corrected chi connectivity index (χ0v) is 35.9. The first-order valence-corrected chi connectivity index (χ1v) is 14.7. The number of anilines is 2. The standard InChI is InChI=1S/C33H37ClN2O9.Ac.Pr/c1-33(2,18-37)17-36-24-11-10-20(34)15-22(24)30(21-6-5-7-26(43-3)31(21)44-4)45-27(32(36)42)16-28(39)35-23-14-19(8-12-25(23)38)9-13-29(40)41;;/h5-8,10-12,14-15,27,30,37-38H,9,13,16-18H2,1-4H3,(H,35,39)(H,40,41);;/t27-,30-;;/m1../s1. The minimum atomic E-state index is -1.32. The van der Waals surface area contributed by atoms with Gasteiger partial charge in [0.1, 0.15) is 18.0 Å². The number of carboxylic acids is 1. The molecule has 11 nitrogen and oxygen atoms in total. The number of aliphatic hydroxyl groups is 1. The van der Waals surface area contributed by atoms with E-state index in [-0.39, 0.29) is 123 Å². The third-order valence-corrected chi connectivity index (χ3v) is 7.70. The number of benzene rings is 3. The topological polar surface area (TPSA) is 155 Å². The van der Waals surface area contributed by atoms with E-state index in [2.05, 4.69) is 5.32 Å². The SMILES string of the molecule is COc1cccc([C@H]2O[C@H](CC(=O)Nc3cc(CCC(=O)O)ccc3O)C(=O)N(CC(C)(C)CO)c3ccc(Cl)cc32)c1OC.[Ac].[Pr]. The molecule has 246 valence electrons. The third kappa shape index (κ3) is 10.5. The largest absolute Gasteiger partial charge is 0.506 e. The van der Waals surface area contributed by atoms with Crippen molar-refractivity contribution in [1.82, 2.24) is 0 Å². The second-order valence-electron chi connectivity index (χ2n) is 11.5. The summed E-state index contributed by atoms with van der Waals surface area (Å²) in [6.07, 6.45) is -2.60. The van der Waals surface area contributed by atoms with Crippen LogP contribution < -0.4 is 19.7 Å². The molecule has 1 aliphatic rings. The Morgan fingerprint density at radius 3 is 2.43 bits per heavy atom. The minimum Gasteiger partial charge on any atom is -0.506 e. The minimum absolute atomic E-state index is 0. The van der Waals surface area contributed by atoms with Gasteiger partial charge in [-0.15, -0.1) is 0 Å². The molecule has 3 aromatic carbocycles. The van der Waals surface area contributed by atoms with Crippen LogP contribution in [0.4, 0.5) is 11.4 Å². The van der Waals surface area contributed by atoms with E-state index in [1.165, 1.54) is 31.3 Å². The Morgan fingerprint density at radius 2 is 1.79 bits per heavy atom. The number of aliphatic carboxylic acids is 1. The zero-order valence-electron chi connectivity index (χ0n) is 26.7. The number of halogens is 1. The number of nitrogens with one attached hydrogen (secondary N) is 1. The molecule has 0 spiro atoms. The molecule has 0 saturated carbocycles. The van der Waals surface area contributed by atoms with Crippen LogP contribution in [0.3, 0.4) is 0 Å². The molecule has 2 radical (unpaired) electrons. The van der Waals surface area contributed by atoms with Crippen LogP contribution in [-0.2, 0) is 25.5 Å². The van der Waals surface area contributed by atoms with Crippen molar-refractivity contribution < 1.29 is 129 Å². The molecule has 0 bridgehead atoms. The Balaban J connectivity index is 0.00000384. The van der Waals surface area contributed by atoms with Gasteiger partial charge in [0.25, 0.3) is 5.91 Å². The van der Waals surface area contributed by atoms with Crippen molar-refractivity contribution in [2.45, 2.75) is 45.3 Å². The molecule has 3 aromatic rings. The van der Waals surface area contributed by atoms with E-state index in [4.69, 9.17) is 30.9 Å². The Bertz CT molecular complexity index is 1590. The van der Waals surface area contributed by atoms with Crippen molar-refractivity contribution in [1.29, 1.82) is 0 Å². The van der Waals surface area contributed by atoms with Crippen molar-refractivity contribution in [2.75, 3.05) is 37.6 Å². The fourth-order valence-corrected chi connectivity index (χ4v) is 5.35. The molecule has 0 aromatic heterocycles. The summed E-state index contributed by atoms with van der Waals surface area (Å²) in [7, 11) is 2.99. The first-order valence-electron chi connectivity index (χ1n) is 14.3. The van der Waals surface area contributed by atoms with Gasteiger partial charge in [-0.05, 0) is 48.4 Å². The van der Waals surface area contributed by atoms with Crippen LogP contribution in [0.5, 0.6) is 17.2 Å². The number of para-hydroxylation sites is 1. The van der Waals surface area contributed by atoms with E-state index >= 15 is 0 Å². The van der Waals surface area contributed by atoms with Gasteiger partial charge in [-0.25, -0.2) is 0 Å². The molecule has 4 rings (SSSR count). The van der Waals surface area contributed by atoms with Gasteiger partial charge < -0.3 is 39.7 Å². The van der Waals surface area contributed by atoms with Gasteiger partial charge in [0.05, 0.1) is 26.3 Å². The summed E-state index contributed by atoms with van der Waals surface area (Å²) >= 11 is 6.46. The fourth-order valence-electron chi connectivity index (χ4n) is 5.17. The van der Waals surface area contributed by atoms with Crippen molar-refractivity contribution in [2.24, 2.45) is 5.41 Å². The van der Waals surface area contributed by atoms with E-state index in [9.17, 15) is 24.6 Å². The summed E-state index contributed by atoms with van der Waals surface area (Å²) in [5, 5.41) is 32.5. The Hall–Kier alpha value is -1.51. The second-order valence-corrected chi connectivity index (χ2v) is 12.0. The summed E-state index contributed by atoms with van der Waals surface area (Å²) < 4.78 is 17.7. The summed E-state index contributed by atoms with van der Waals surface area (Å²) in [5.74, 6) is -1.53. The number of hydrogen-bond donors (Lipinski definition) is 4. The maximum atomic E-state index is 14.2. The van der Waals surface area contributed by atoms with Crippen LogP contribution in [-0.4, -0.2) is 66.6 Å². The van der Waals surface area contributed by atoms with Crippen LogP contribution in [0.25, 0.3) is 0 Å². The number of amides is 2. The van der Waals surface area contributed by atoms with Crippen molar-refractivity contribution >= 4 is 40.8 Å². The number of aliphatic hydroxyl groups excluding tert-OH is 1. The van der Waals surface area contributed by atoms with Crippen LogP contribution in [0, 0.1) is 90.8 Å². The first-order chi connectivity index (χ1) is 21.4. The van der Waals surface area contributed by atoms with E-state index in [0.717, 1.165) is 0 Å². The van der Waals surface area contributed by atoms with Gasteiger partial charge in [0, 0.05) is 132 Å². The number of rotatable bonds is 12. The van der Waals surface area contributed by atoms with Gasteiger partial charge in [0.15, 0.2) is 11.5 Å². The number of fused-ring (bicyclic) bond motifs is 1. The number of phenols is 1. The maximum Gasteiger partial charge on any atom is 0.303 e. The number of hydrogen-bond acceptors (Lipinski definition) is 8. The molecule has 0 fully saturated rings. The number of phenolic OH excluding ortho intramolecular Hbond substituents is 1. The van der Waals surface area contributed by atoms with Crippen molar-refractivity contribution in [3.8, 4) is 17.2 Å². The number of aromatic hydroxyl groups is 1. The monoisotopic (exact) mass is 1010 g/mol. The molecule has 14 heteroatoms. The van der Waals surface area contributed by atoms with E-state index in [0.29, 0.717) is 38.9 Å². The molecule has 0 unspecified atom stereocenters. The number of carbonyl (C=O) groups excluding carboxylic acids is 2. The predicted molar refractivity (Wildman–Crippen MR) is 168 cm³/mol. The molecule has 1 aliphatic heterocycles. The molecular weight excluding hydrogens is 972 g/mol.